The van der Waals surface area contributed by atoms with Crippen molar-refractivity contribution in [2.45, 2.75) is 19.4 Å². The molecule has 0 saturated heterocycles. The van der Waals surface area contributed by atoms with Crippen LogP contribution in [0.5, 0.6) is 0 Å². The second-order valence-electron chi connectivity index (χ2n) is 4.37. The Morgan fingerprint density at radius 2 is 2.11 bits per heavy atom. The first-order chi connectivity index (χ1) is 8.44. The Morgan fingerprint density at radius 3 is 2.72 bits per heavy atom. The molecule has 0 atom stereocenters. The Labute approximate surface area is 110 Å². The van der Waals surface area contributed by atoms with Crippen LogP contribution in [0.4, 0.5) is 5.69 Å². The lowest BCUT2D eigenvalue weighted by atomic mass is 10.1. The number of hydrogen-bond acceptors (Lipinski definition) is 5. The third-order valence-corrected chi connectivity index (χ3v) is 3.05. The minimum Gasteiger partial charge on any atom is -0.398 e. The van der Waals surface area contributed by atoms with Gasteiger partial charge >= 0.3 is 0 Å². The van der Waals surface area contributed by atoms with Crippen molar-refractivity contribution < 1.29 is 9.26 Å². The number of rotatable bonds is 3. The summed E-state index contributed by atoms with van der Waals surface area (Å²) in [6.45, 7) is 3.72. The van der Waals surface area contributed by atoms with E-state index in [2.05, 4.69) is 10.1 Å². The Kier molecular flexibility index (Phi) is 3.28. The van der Waals surface area contributed by atoms with Gasteiger partial charge in [-0.15, -0.1) is 0 Å². The fraction of sp³-hybridized carbons (Fsp3) is 0.333. The first kappa shape index (κ1) is 12.9. The predicted molar refractivity (Wildman–Crippen MR) is 69.2 cm³/mol. The smallest absolute Gasteiger partial charge is 0.258 e. The van der Waals surface area contributed by atoms with Crippen LogP contribution in [-0.4, -0.2) is 17.3 Å². The topological polar surface area (TPSA) is 74.2 Å². The fourth-order valence-corrected chi connectivity index (χ4v) is 1.52. The molecular formula is C12H14ClN3O2. The Balaban J connectivity index is 2.38. The van der Waals surface area contributed by atoms with Crippen molar-refractivity contribution >= 4 is 17.3 Å². The molecule has 1 aromatic carbocycles. The van der Waals surface area contributed by atoms with Gasteiger partial charge < -0.3 is 15.0 Å². The number of benzene rings is 1. The van der Waals surface area contributed by atoms with Crippen LogP contribution < -0.4 is 5.73 Å². The minimum atomic E-state index is -0.598. The van der Waals surface area contributed by atoms with Crippen LogP contribution in [0.15, 0.2) is 22.7 Å². The lowest BCUT2D eigenvalue weighted by Gasteiger charge is -2.17. The van der Waals surface area contributed by atoms with E-state index in [0.29, 0.717) is 22.4 Å². The Morgan fingerprint density at radius 1 is 1.39 bits per heavy atom. The van der Waals surface area contributed by atoms with Crippen molar-refractivity contribution in [3.05, 3.63) is 29.0 Å². The van der Waals surface area contributed by atoms with Crippen molar-refractivity contribution in [2.75, 3.05) is 12.8 Å². The number of nitrogens with zero attached hydrogens (tertiary/aromatic N) is 2. The summed E-state index contributed by atoms with van der Waals surface area (Å²) in [4.78, 5) is 4.29. The SMILES string of the molecule is COC(C)(C)c1noc(-c2ccc(N)c(Cl)c2)n1. The summed E-state index contributed by atoms with van der Waals surface area (Å²) in [7, 11) is 1.59. The molecule has 96 valence electrons. The van der Waals surface area contributed by atoms with Crippen molar-refractivity contribution in [3.63, 3.8) is 0 Å². The summed E-state index contributed by atoms with van der Waals surface area (Å²) in [6, 6.07) is 5.16. The van der Waals surface area contributed by atoms with Gasteiger partial charge in [0.2, 0.25) is 5.82 Å². The summed E-state index contributed by atoms with van der Waals surface area (Å²) in [6.07, 6.45) is 0. The molecule has 0 unspecified atom stereocenters. The number of nitrogens with two attached hydrogens (primary N) is 1. The fourth-order valence-electron chi connectivity index (χ4n) is 1.34. The third kappa shape index (κ3) is 2.32. The van der Waals surface area contributed by atoms with E-state index in [1.165, 1.54) is 0 Å². The van der Waals surface area contributed by atoms with E-state index in [9.17, 15) is 0 Å². The molecule has 1 heterocycles. The molecule has 2 N–H and O–H groups in total. The predicted octanol–water partition coefficient (Wildman–Crippen LogP) is 2.85. The van der Waals surface area contributed by atoms with Gasteiger partial charge in [-0.1, -0.05) is 16.8 Å². The van der Waals surface area contributed by atoms with Crippen molar-refractivity contribution in [2.24, 2.45) is 0 Å². The first-order valence-corrected chi connectivity index (χ1v) is 5.76. The molecule has 2 rings (SSSR count). The molecule has 0 bridgehead atoms. The normalized spacial score (nSPS) is 11.8. The van der Waals surface area contributed by atoms with Gasteiger partial charge in [-0.2, -0.15) is 4.98 Å². The van der Waals surface area contributed by atoms with Gasteiger partial charge in [-0.25, -0.2) is 0 Å². The zero-order valence-corrected chi connectivity index (χ0v) is 11.2. The summed E-state index contributed by atoms with van der Waals surface area (Å²) in [5.41, 5.74) is 6.28. The molecule has 0 aliphatic heterocycles. The summed E-state index contributed by atoms with van der Waals surface area (Å²) in [5, 5.41) is 4.36. The molecule has 0 amide bonds. The quantitative estimate of drug-likeness (QED) is 0.866. The van der Waals surface area contributed by atoms with Crippen molar-refractivity contribution in [1.29, 1.82) is 0 Å². The summed E-state index contributed by atoms with van der Waals surface area (Å²) in [5.74, 6) is 0.866. The standard InChI is InChI=1S/C12H14ClN3O2/c1-12(2,17-3)11-15-10(18-16-11)7-4-5-9(14)8(13)6-7/h4-6H,14H2,1-3H3. The van der Waals surface area contributed by atoms with Crippen LogP contribution in [0.2, 0.25) is 5.02 Å². The van der Waals surface area contributed by atoms with Crippen LogP contribution in [0.1, 0.15) is 19.7 Å². The van der Waals surface area contributed by atoms with Gasteiger partial charge in [0, 0.05) is 12.7 Å². The average molecular weight is 268 g/mol. The van der Waals surface area contributed by atoms with Gasteiger partial charge in [0.15, 0.2) is 0 Å². The van der Waals surface area contributed by atoms with Gasteiger partial charge in [0.1, 0.15) is 5.60 Å². The molecule has 6 heteroatoms. The molecule has 0 spiro atoms. The number of hydrogen-bond donors (Lipinski definition) is 1. The first-order valence-electron chi connectivity index (χ1n) is 5.39. The van der Waals surface area contributed by atoms with Gasteiger partial charge in [0.05, 0.1) is 10.7 Å². The summed E-state index contributed by atoms with van der Waals surface area (Å²) < 4.78 is 10.5. The van der Waals surface area contributed by atoms with Crippen LogP contribution in [-0.2, 0) is 10.3 Å². The highest BCUT2D eigenvalue weighted by Crippen LogP contribution is 2.28. The number of methoxy groups -OCH3 is 1. The highest BCUT2D eigenvalue weighted by molar-refractivity contribution is 6.33. The van der Waals surface area contributed by atoms with Crippen LogP contribution >= 0.6 is 11.6 Å². The molecule has 0 saturated carbocycles. The number of aromatic nitrogens is 2. The molecule has 2 aromatic rings. The zero-order chi connectivity index (χ0) is 13.3. The molecule has 0 radical (unpaired) electrons. The van der Waals surface area contributed by atoms with Crippen LogP contribution in [0, 0.1) is 0 Å². The number of ether oxygens (including phenoxy) is 1. The maximum Gasteiger partial charge on any atom is 0.258 e. The van der Waals surface area contributed by atoms with E-state index in [1.807, 2.05) is 13.8 Å². The van der Waals surface area contributed by atoms with Gasteiger partial charge in [-0.05, 0) is 32.0 Å². The number of nitrogen functional groups attached to an aromatic ring is 1. The van der Waals surface area contributed by atoms with Crippen LogP contribution in [0.3, 0.4) is 0 Å². The Hall–Kier alpha value is -1.59. The van der Waals surface area contributed by atoms with E-state index in [1.54, 1.807) is 25.3 Å². The molecule has 0 fully saturated rings. The second kappa shape index (κ2) is 4.59. The largest absolute Gasteiger partial charge is 0.398 e. The molecule has 5 nitrogen and oxygen atoms in total. The maximum atomic E-state index is 5.95. The highest BCUT2D eigenvalue weighted by Gasteiger charge is 2.26. The van der Waals surface area contributed by atoms with E-state index < -0.39 is 5.60 Å². The second-order valence-corrected chi connectivity index (χ2v) is 4.78. The number of halogens is 1. The van der Waals surface area contributed by atoms with Crippen molar-refractivity contribution in [1.82, 2.24) is 10.1 Å². The maximum absolute atomic E-state index is 5.95. The van der Waals surface area contributed by atoms with E-state index in [0.717, 1.165) is 5.56 Å². The summed E-state index contributed by atoms with van der Waals surface area (Å²) >= 11 is 5.95. The van der Waals surface area contributed by atoms with Crippen molar-refractivity contribution in [3.8, 4) is 11.5 Å². The molecule has 18 heavy (non-hydrogen) atoms. The molecule has 1 aromatic heterocycles. The lowest BCUT2D eigenvalue weighted by Crippen LogP contribution is -2.21. The average Bonchev–Trinajstić information content (AvgIpc) is 2.83. The highest BCUT2D eigenvalue weighted by atomic mass is 35.5. The minimum absolute atomic E-state index is 0.386. The third-order valence-electron chi connectivity index (χ3n) is 2.72. The molecule has 0 aliphatic rings. The van der Waals surface area contributed by atoms with Crippen LogP contribution in [0.25, 0.3) is 11.5 Å². The van der Waals surface area contributed by atoms with E-state index >= 15 is 0 Å². The monoisotopic (exact) mass is 267 g/mol. The number of anilines is 1. The molecule has 0 aliphatic carbocycles. The van der Waals surface area contributed by atoms with Gasteiger partial charge in [0.25, 0.3) is 5.89 Å². The Bertz CT molecular complexity index is 566. The van der Waals surface area contributed by atoms with Gasteiger partial charge in [-0.3, -0.25) is 0 Å². The van der Waals surface area contributed by atoms with E-state index in [-0.39, 0.29) is 0 Å². The zero-order valence-electron chi connectivity index (χ0n) is 10.4. The molecular weight excluding hydrogens is 254 g/mol. The lowest BCUT2D eigenvalue weighted by molar-refractivity contribution is 0.00973. The van der Waals surface area contributed by atoms with E-state index in [4.69, 9.17) is 26.6 Å².